The van der Waals surface area contributed by atoms with E-state index in [1.54, 1.807) is 0 Å². The van der Waals surface area contributed by atoms with Gasteiger partial charge in [-0.25, -0.2) is 15.0 Å². The molecule has 0 N–H and O–H groups in total. The molecule has 0 spiro atoms. The minimum atomic E-state index is 0.625. The molecule has 0 atom stereocenters. The monoisotopic (exact) mass is 566 g/mol. The Labute approximate surface area is 255 Å². The van der Waals surface area contributed by atoms with Crippen LogP contribution in [0.25, 0.3) is 45.3 Å². The molecule has 8 rings (SSSR count). The van der Waals surface area contributed by atoms with E-state index >= 15 is 0 Å². The van der Waals surface area contributed by atoms with Crippen molar-refractivity contribution < 1.29 is 4.74 Å². The van der Waals surface area contributed by atoms with Crippen LogP contribution in [0.4, 0.5) is 17.1 Å². The van der Waals surface area contributed by atoms with Crippen LogP contribution >= 0.6 is 0 Å². The molecule has 1 aromatic heterocycles. The average Bonchev–Trinajstić information content (AvgIpc) is 3.11. The standard InChI is InChI=1S/C39H26N4O/c1-4-12-27(13-5-1)31-22-25-34-36(26-31)44-35-19-11-10-18-33(35)43(34)32-23-20-30(21-24-32)39-41-37(28-14-6-2-7-15-28)40-38(42-39)29-16-8-3-9-17-29/h1-26H. The van der Waals surface area contributed by atoms with Crippen LogP contribution in [0, 0.1) is 0 Å². The van der Waals surface area contributed by atoms with Crippen molar-refractivity contribution in [1.29, 1.82) is 0 Å². The van der Waals surface area contributed by atoms with E-state index in [2.05, 4.69) is 77.7 Å². The Balaban J connectivity index is 1.21. The maximum atomic E-state index is 6.43. The summed E-state index contributed by atoms with van der Waals surface area (Å²) in [5.41, 5.74) is 8.04. The molecule has 0 radical (unpaired) electrons. The van der Waals surface area contributed by atoms with Gasteiger partial charge >= 0.3 is 0 Å². The van der Waals surface area contributed by atoms with Gasteiger partial charge in [0.15, 0.2) is 29.0 Å². The second-order valence-corrected chi connectivity index (χ2v) is 10.5. The van der Waals surface area contributed by atoms with Crippen molar-refractivity contribution in [3.05, 3.63) is 158 Å². The average molecular weight is 567 g/mol. The SMILES string of the molecule is c1ccc(-c2ccc3c(c2)Oc2ccccc2N3c2ccc(-c3nc(-c4ccccc4)nc(-c4ccccc4)n3)cc2)cc1. The van der Waals surface area contributed by atoms with Gasteiger partial charge in [-0.05, 0) is 59.7 Å². The van der Waals surface area contributed by atoms with Gasteiger partial charge in [0.25, 0.3) is 0 Å². The number of anilines is 3. The maximum absolute atomic E-state index is 6.43. The molecule has 44 heavy (non-hydrogen) atoms. The number of rotatable bonds is 5. The van der Waals surface area contributed by atoms with Crippen LogP contribution in [0.1, 0.15) is 0 Å². The van der Waals surface area contributed by atoms with Gasteiger partial charge in [0, 0.05) is 22.4 Å². The summed E-state index contributed by atoms with van der Waals surface area (Å²) in [4.78, 5) is 16.9. The van der Waals surface area contributed by atoms with Crippen LogP contribution in [0.3, 0.4) is 0 Å². The van der Waals surface area contributed by atoms with Crippen molar-refractivity contribution in [3.8, 4) is 56.8 Å². The van der Waals surface area contributed by atoms with Gasteiger partial charge in [-0.3, -0.25) is 0 Å². The molecule has 1 aliphatic rings. The topological polar surface area (TPSA) is 51.1 Å². The number of hydrogen-bond donors (Lipinski definition) is 0. The third-order valence-electron chi connectivity index (χ3n) is 7.72. The molecule has 0 fully saturated rings. The van der Waals surface area contributed by atoms with Crippen LogP contribution in [-0.4, -0.2) is 15.0 Å². The molecule has 0 unspecified atom stereocenters. The lowest BCUT2D eigenvalue weighted by Crippen LogP contribution is -2.15. The van der Waals surface area contributed by atoms with E-state index in [1.165, 1.54) is 0 Å². The van der Waals surface area contributed by atoms with Crippen LogP contribution in [-0.2, 0) is 0 Å². The Morgan fingerprint density at radius 1 is 0.364 bits per heavy atom. The zero-order valence-electron chi connectivity index (χ0n) is 23.7. The second-order valence-electron chi connectivity index (χ2n) is 10.5. The smallest absolute Gasteiger partial charge is 0.164 e. The van der Waals surface area contributed by atoms with Gasteiger partial charge in [-0.2, -0.15) is 0 Å². The first-order chi connectivity index (χ1) is 21.8. The number of aromatic nitrogens is 3. The zero-order valence-corrected chi connectivity index (χ0v) is 23.7. The summed E-state index contributed by atoms with van der Waals surface area (Å²) >= 11 is 0. The molecule has 7 aromatic rings. The fourth-order valence-corrected chi connectivity index (χ4v) is 5.54. The van der Waals surface area contributed by atoms with Crippen molar-refractivity contribution in [2.45, 2.75) is 0 Å². The fraction of sp³-hybridized carbons (Fsp3) is 0. The lowest BCUT2D eigenvalue weighted by molar-refractivity contribution is 0.477. The highest BCUT2D eigenvalue weighted by atomic mass is 16.5. The van der Waals surface area contributed by atoms with Crippen molar-refractivity contribution in [1.82, 2.24) is 15.0 Å². The summed E-state index contributed by atoms with van der Waals surface area (Å²) < 4.78 is 6.43. The number of hydrogen-bond acceptors (Lipinski definition) is 5. The first-order valence-electron chi connectivity index (χ1n) is 14.5. The normalized spacial score (nSPS) is 11.8. The second kappa shape index (κ2) is 11.0. The number of para-hydroxylation sites is 2. The summed E-state index contributed by atoms with van der Waals surface area (Å²) in [6.07, 6.45) is 0. The van der Waals surface area contributed by atoms with Crippen LogP contribution in [0.15, 0.2) is 158 Å². The molecule has 0 saturated carbocycles. The minimum Gasteiger partial charge on any atom is -0.453 e. The number of nitrogens with zero attached hydrogens (tertiary/aromatic N) is 4. The highest BCUT2D eigenvalue weighted by Crippen LogP contribution is 2.51. The third-order valence-corrected chi connectivity index (χ3v) is 7.72. The van der Waals surface area contributed by atoms with Crippen LogP contribution in [0.2, 0.25) is 0 Å². The molecule has 0 bridgehead atoms. The number of fused-ring (bicyclic) bond motifs is 2. The highest BCUT2D eigenvalue weighted by molar-refractivity contribution is 5.88. The molecule has 0 aliphatic carbocycles. The Morgan fingerprint density at radius 3 is 1.41 bits per heavy atom. The van der Waals surface area contributed by atoms with E-state index in [-0.39, 0.29) is 0 Å². The predicted molar refractivity (Wildman–Crippen MR) is 176 cm³/mol. The number of benzene rings is 6. The Bertz CT molecular complexity index is 2020. The van der Waals surface area contributed by atoms with E-state index in [4.69, 9.17) is 19.7 Å². The summed E-state index contributed by atoms with van der Waals surface area (Å²) in [5, 5.41) is 0. The highest BCUT2D eigenvalue weighted by Gasteiger charge is 2.26. The third kappa shape index (κ3) is 4.76. The molecule has 208 valence electrons. The van der Waals surface area contributed by atoms with E-state index < -0.39 is 0 Å². The Morgan fingerprint density at radius 2 is 0.818 bits per heavy atom. The van der Waals surface area contributed by atoms with Gasteiger partial charge in [0.1, 0.15) is 0 Å². The summed E-state index contributed by atoms with van der Waals surface area (Å²) in [6.45, 7) is 0. The molecule has 5 heteroatoms. The molecule has 2 heterocycles. The molecule has 6 aromatic carbocycles. The molecular weight excluding hydrogens is 540 g/mol. The lowest BCUT2D eigenvalue weighted by Gasteiger charge is -2.33. The van der Waals surface area contributed by atoms with Gasteiger partial charge in [0.05, 0.1) is 11.4 Å². The molecule has 0 amide bonds. The Kier molecular flexibility index (Phi) is 6.39. The maximum Gasteiger partial charge on any atom is 0.164 e. The molecule has 1 aliphatic heterocycles. The summed E-state index contributed by atoms with van der Waals surface area (Å²) in [7, 11) is 0. The van der Waals surface area contributed by atoms with Crippen LogP contribution < -0.4 is 9.64 Å². The van der Waals surface area contributed by atoms with Gasteiger partial charge in [-0.15, -0.1) is 0 Å². The molecule has 0 saturated heterocycles. The Hall–Kier alpha value is -6.07. The van der Waals surface area contributed by atoms with E-state index in [9.17, 15) is 0 Å². The van der Waals surface area contributed by atoms with E-state index in [0.717, 1.165) is 56.4 Å². The van der Waals surface area contributed by atoms with E-state index in [0.29, 0.717) is 17.5 Å². The first-order valence-corrected chi connectivity index (χ1v) is 14.5. The van der Waals surface area contributed by atoms with Gasteiger partial charge in [-0.1, -0.05) is 109 Å². The predicted octanol–water partition coefficient (Wildman–Crippen LogP) is 10.1. The fourth-order valence-electron chi connectivity index (χ4n) is 5.54. The molecular formula is C39H26N4O. The zero-order chi connectivity index (χ0) is 29.3. The summed E-state index contributed by atoms with van der Waals surface area (Å²) in [5.74, 6) is 3.53. The quantitative estimate of drug-likeness (QED) is 0.207. The van der Waals surface area contributed by atoms with E-state index in [1.807, 2.05) is 84.9 Å². The largest absolute Gasteiger partial charge is 0.453 e. The van der Waals surface area contributed by atoms with Crippen molar-refractivity contribution in [2.24, 2.45) is 0 Å². The number of ether oxygens (including phenoxy) is 1. The molecule has 5 nitrogen and oxygen atoms in total. The van der Waals surface area contributed by atoms with Crippen molar-refractivity contribution >= 4 is 17.1 Å². The first kappa shape index (κ1) is 25.6. The summed E-state index contributed by atoms with van der Waals surface area (Å²) in [6, 6.07) is 53.3. The minimum absolute atomic E-state index is 0.625. The lowest BCUT2D eigenvalue weighted by atomic mass is 10.0. The van der Waals surface area contributed by atoms with Crippen molar-refractivity contribution in [3.63, 3.8) is 0 Å². The van der Waals surface area contributed by atoms with Crippen molar-refractivity contribution in [2.75, 3.05) is 4.90 Å². The van der Waals surface area contributed by atoms with Gasteiger partial charge in [0.2, 0.25) is 0 Å². The van der Waals surface area contributed by atoms with Gasteiger partial charge < -0.3 is 9.64 Å². The van der Waals surface area contributed by atoms with Crippen LogP contribution in [0.5, 0.6) is 11.5 Å².